The third-order valence-electron chi connectivity index (χ3n) is 5.58. The first kappa shape index (κ1) is 20.2. The summed E-state index contributed by atoms with van der Waals surface area (Å²) in [6.45, 7) is 4.64. The topological polar surface area (TPSA) is 92.1 Å². The highest BCUT2D eigenvalue weighted by Crippen LogP contribution is 2.30. The van der Waals surface area contributed by atoms with Crippen LogP contribution in [0.2, 0.25) is 0 Å². The Bertz CT molecular complexity index is 659. The van der Waals surface area contributed by atoms with Crippen molar-refractivity contribution >= 4 is 17.9 Å². The summed E-state index contributed by atoms with van der Waals surface area (Å²) in [5.74, 6) is 0.852. The maximum absolute atomic E-state index is 12.8. The second-order valence-electron chi connectivity index (χ2n) is 7.36. The number of hydrogen-bond donors (Lipinski definition) is 1. The van der Waals surface area contributed by atoms with Crippen LogP contribution in [-0.2, 0) is 20.9 Å². The van der Waals surface area contributed by atoms with Gasteiger partial charge in [-0.05, 0) is 44.7 Å². The van der Waals surface area contributed by atoms with E-state index in [0.29, 0.717) is 39.3 Å². The molecule has 1 saturated carbocycles. The smallest absolute Gasteiger partial charge is 0.409 e. The standard InChI is InChI=1S/C20H29N3O5/c1-2-27-20(26)23-11-9-22(10-12-23)19(25)16-7-5-15(6-8-16)18(24)21-14-17-4-3-13-28-17/h3-4,13,15-16H,2,5-12,14H2,1H3,(H,21,24). The van der Waals surface area contributed by atoms with Crippen LogP contribution in [0.4, 0.5) is 4.79 Å². The van der Waals surface area contributed by atoms with Crippen LogP contribution >= 0.6 is 0 Å². The third kappa shape index (κ3) is 5.05. The Hall–Kier alpha value is -2.51. The van der Waals surface area contributed by atoms with Crippen LogP contribution < -0.4 is 5.32 Å². The highest BCUT2D eigenvalue weighted by atomic mass is 16.6. The van der Waals surface area contributed by atoms with E-state index in [-0.39, 0.29) is 29.7 Å². The number of nitrogens with zero attached hydrogens (tertiary/aromatic N) is 2. The van der Waals surface area contributed by atoms with Crippen molar-refractivity contribution in [2.24, 2.45) is 11.8 Å². The number of piperazine rings is 1. The van der Waals surface area contributed by atoms with Crippen molar-refractivity contribution in [3.8, 4) is 0 Å². The van der Waals surface area contributed by atoms with Gasteiger partial charge in [-0.2, -0.15) is 0 Å². The van der Waals surface area contributed by atoms with E-state index in [9.17, 15) is 14.4 Å². The molecule has 1 aliphatic carbocycles. The largest absolute Gasteiger partial charge is 0.467 e. The molecule has 3 rings (SSSR count). The monoisotopic (exact) mass is 391 g/mol. The van der Waals surface area contributed by atoms with Gasteiger partial charge in [0, 0.05) is 38.0 Å². The fourth-order valence-corrected chi connectivity index (χ4v) is 3.92. The Balaban J connectivity index is 1.39. The van der Waals surface area contributed by atoms with Crippen molar-refractivity contribution in [1.29, 1.82) is 0 Å². The summed E-state index contributed by atoms with van der Waals surface area (Å²) in [7, 11) is 0. The average Bonchev–Trinajstić information content (AvgIpc) is 3.25. The quantitative estimate of drug-likeness (QED) is 0.829. The Kier molecular flexibility index (Phi) is 6.95. The molecule has 1 N–H and O–H groups in total. The summed E-state index contributed by atoms with van der Waals surface area (Å²) in [5, 5.41) is 2.91. The summed E-state index contributed by atoms with van der Waals surface area (Å²) >= 11 is 0. The van der Waals surface area contributed by atoms with Gasteiger partial charge in [0.25, 0.3) is 0 Å². The molecule has 8 nitrogen and oxygen atoms in total. The van der Waals surface area contributed by atoms with Gasteiger partial charge in [0.15, 0.2) is 0 Å². The lowest BCUT2D eigenvalue weighted by Crippen LogP contribution is -2.52. The number of nitrogens with one attached hydrogen (secondary N) is 1. The van der Waals surface area contributed by atoms with E-state index in [4.69, 9.17) is 9.15 Å². The molecule has 28 heavy (non-hydrogen) atoms. The van der Waals surface area contributed by atoms with Crippen molar-refractivity contribution in [2.75, 3.05) is 32.8 Å². The van der Waals surface area contributed by atoms with Crippen LogP contribution in [0.25, 0.3) is 0 Å². The molecule has 0 atom stereocenters. The van der Waals surface area contributed by atoms with E-state index in [1.165, 1.54) is 0 Å². The van der Waals surface area contributed by atoms with Crippen molar-refractivity contribution in [3.05, 3.63) is 24.2 Å². The average molecular weight is 391 g/mol. The zero-order valence-electron chi connectivity index (χ0n) is 16.4. The fraction of sp³-hybridized carbons (Fsp3) is 0.650. The van der Waals surface area contributed by atoms with Gasteiger partial charge in [0.1, 0.15) is 5.76 Å². The Morgan fingerprint density at radius 2 is 1.71 bits per heavy atom. The summed E-state index contributed by atoms with van der Waals surface area (Å²) in [6, 6.07) is 3.63. The minimum Gasteiger partial charge on any atom is -0.467 e. The van der Waals surface area contributed by atoms with Crippen LogP contribution in [0.1, 0.15) is 38.4 Å². The number of furan rings is 1. The van der Waals surface area contributed by atoms with E-state index < -0.39 is 0 Å². The lowest BCUT2D eigenvalue weighted by Gasteiger charge is -2.37. The Morgan fingerprint density at radius 1 is 1.07 bits per heavy atom. The van der Waals surface area contributed by atoms with Crippen LogP contribution in [0, 0.1) is 11.8 Å². The number of rotatable bonds is 5. The number of carbonyl (C=O) groups is 3. The van der Waals surface area contributed by atoms with E-state index in [2.05, 4.69) is 5.32 Å². The van der Waals surface area contributed by atoms with Crippen molar-refractivity contribution in [1.82, 2.24) is 15.1 Å². The van der Waals surface area contributed by atoms with Crippen LogP contribution in [0.15, 0.2) is 22.8 Å². The van der Waals surface area contributed by atoms with Crippen LogP contribution in [-0.4, -0.2) is 60.5 Å². The lowest BCUT2D eigenvalue weighted by molar-refractivity contribution is -0.139. The van der Waals surface area contributed by atoms with Gasteiger partial charge in [-0.3, -0.25) is 9.59 Å². The van der Waals surface area contributed by atoms with E-state index >= 15 is 0 Å². The zero-order chi connectivity index (χ0) is 19.9. The van der Waals surface area contributed by atoms with E-state index in [1.54, 1.807) is 24.2 Å². The molecule has 2 aliphatic rings. The van der Waals surface area contributed by atoms with Gasteiger partial charge in [0.05, 0.1) is 19.4 Å². The van der Waals surface area contributed by atoms with Crippen molar-refractivity contribution in [2.45, 2.75) is 39.2 Å². The lowest BCUT2D eigenvalue weighted by atomic mass is 9.81. The molecule has 1 aromatic rings. The van der Waals surface area contributed by atoms with Gasteiger partial charge in [-0.15, -0.1) is 0 Å². The third-order valence-corrected chi connectivity index (χ3v) is 5.58. The number of ether oxygens (including phenoxy) is 1. The fourth-order valence-electron chi connectivity index (χ4n) is 3.92. The summed E-state index contributed by atoms with van der Waals surface area (Å²) in [6.07, 6.45) is 4.19. The van der Waals surface area contributed by atoms with Gasteiger partial charge >= 0.3 is 6.09 Å². The Morgan fingerprint density at radius 3 is 2.32 bits per heavy atom. The number of amides is 3. The Labute approximate surface area is 165 Å². The molecule has 154 valence electrons. The van der Waals surface area contributed by atoms with Crippen molar-refractivity contribution in [3.63, 3.8) is 0 Å². The minimum atomic E-state index is -0.310. The maximum atomic E-state index is 12.8. The molecule has 0 unspecified atom stereocenters. The first-order valence-electron chi connectivity index (χ1n) is 10.1. The van der Waals surface area contributed by atoms with Crippen LogP contribution in [0.3, 0.4) is 0 Å². The molecule has 1 saturated heterocycles. The predicted molar refractivity (Wildman–Crippen MR) is 101 cm³/mol. The normalized spacial score (nSPS) is 22.6. The van der Waals surface area contributed by atoms with Gasteiger partial charge in [-0.1, -0.05) is 0 Å². The maximum Gasteiger partial charge on any atom is 0.409 e. The summed E-state index contributed by atoms with van der Waals surface area (Å²) < 4.78 is 10.2. The minimum absolute atomic E-state index is 0.0248. The zero-order valence-corrected chi connectivity index (χ0v) is 16.4. The molecule has 0 bridgehead atoms. The molecule has 0 spiro atoms. The summed E-state index contributed by atoms with van der Waals surface area (Å²) in [5.41, 5.74) is 0. The van der Waals surface area contributed by atoms with Gasteiger partial charge in [-0.25, -0.2) is 4.79 Å². The molecule has 3 amide bonds. The number of hydrogen-bond acceptors (Lipinski definition) is 5. The molecule has 2 heterocycles. The molecule has 2 fully saturated rings. The second kappa shape index (κ2) is 9.61. The molecule has 1 aromatic heterocycles. The van der Waals surface area contributed by atoms with Crippen LogP contribution in [0.5, 0.6) is 0 Å². The molecular weight excluding hydrogens is 362 g/mol. The van der Waals surface area contributed by atoms with Gasteiger partial charge < -0.3 is 24.3 Å². The second-order valence-corrected chi connectivity index (χ2v) is 7.36. The first-order chi connectivity index (χ1) is 13.6. The molecule has 0 aromatic carbocycles. The first-order valence-corrected chi connectivity index (χ1v) is 10.1. The highest BCUT2D eigenvalue weighted by molar-refractivity contribution is 5.81. The highest BCUT2D eigenvalue weighted by Gasteiger charge is 2.33. The van der Waals surface area contributed by atoms with Crippen molar-refractivity contribution < 1.29 is 23.5 Å². The molecule has 0 radical (unpaired) electrons. The molecular formula is C20H29N3O5. The predicted octanol–water partition coefficient (Wildman–Crippen LogP) is 2.00. The molecule has 8 heteroatoms. The summed E-state index contributed by atoms with van der Waals surface area (Å²) in [4.78, 5) is 40.4. The van der Waals surface area contributed by atoms with E-state index in [1.807, 2.05) is 11.0 Å². The van der Waals surface area contributed by atoms with E-state index in [0.717, 1.165) is 31.4 Å². The van der Waals surface area contributed by atoms with Gasteiger partial charge in [0.2, 0.25) is 11.8 Å². The molecule has 1 aliphatic heterocycles. The number of carbonyl (C=O) groups excluding carboxylic acids is 3. The SMILES string of the molecule is CCOC(=O)N1CCN(C(=O)C2CCC(C(=O)NCc3ccco3)CC2)CC1.